The van der Waals surface area contributed by atoms with Gasteiger partial charge in [-0.05, 0) is 74.5 Å². The van der Waals surface area contributed by atoms with Gasteiger partial charge in [-0.3, -0.25) is 14.9 Å². The minimum Gasteiger partial charge on any atom is -0.497 e. The molecule has 1 heterocycles. The Morgan fingerprint density at radius 2 is 1.83 bits per heavy atom. The fourth-order valence-corrected chi connectivity index (χ4v) is 7.03. The van der Waals surface area contributed by atoms with E-state index in [4.69, 9.17) is 4.74 Å². The van der Waals surface area contributed by atoms with Crippen molar-refractivity contribution < 1.29 is 14.3 Å². The second-order valence-corrected chi connectivity index (χ2v) is 10.1. The first-order valence-corrected chi connectivity index (χ1v) is 11.4. The van der Waals surface area contributed by atoms with Crippen LogP contribution in [0.3, 0.4) is 0 Å². The standard InChI is InChI=1S/C22H26N4O3S/c1-29-17-4-2-3-16(8-17)19(28)23-12-18(27)24-21-26-25-20(30-21)22-9-13-5-14(10-22)7-15(6-13)11-22/h2-4,8,13-15H,5-7,9-12H2,1H3,(H,23,28)(H,24,26,27). The van der Waals surface area contributed by atoms with Gasteiger partial charge in [0.1, 0.15) is 10.8 Å². The average molecular weight is 427 g/mol. The maximum Gasteiger partial charge on any atom is 0.251 e. The first kappa shape index (κ1) is 19.5. The van der Waals surface area contributed by atoms with E-state index in [0.717, 1.165) is 22.8 Å². The topological polar surface area (TPSA) is 93.2 Å². The molecule has 4 fully saturated rings. The van der Waals surface area contributed by atoms with Crippen molar-refractivity contribution in [3.05, 3.63) is 34.8 Å². The maximum absolute atomic E-state index is 12.3. The van der Waals surface area contributed by atoms with Crippen LogP contribution in [-0.4, -0.2) is 35.7 Å². The number of nitrogens with one attached hydrogen (secondary N) is 2. The van der Waals surface area contributed by atoms with E-state index in [2.05, 4.69) is 20.8 Å². The van der Waals surface area contributed by atoms with Gasteiger partial charge in [-0.1, -0.05) is 17.4 Å². The maximum atomic E-state index is 12.3. The summed E-state index contributed by atoms with van der Waals surface area (Å²) in [6.07, 6.45) is 7.81. The van der Waals surface area contributed by atoms with E-state index < -0.39 is 0 Å². The molecule has 2 N–H and O–H groups in total. The Labute approximate surface area is 179 Å². The smallest absolute Gasteiger partial charge is 0.251 e. The van der Waals surface area contributed by atoms with Crippen LogP contribution < -0.4 is 15.4 Å². The van der Waals surface area contributed by atoms with E-state index in [9.17, 15) is 9.59 Å². The Bertz CT molecular complexity index is 938. The number of nitrogens with zero attached hydrogens (tertiary/aromatic N) is 2. The number of rotatable bonds is 6. The molecule has 1 aromatic carbocycles. The molecule has 8 heteroatoms. The molecule has 4 saturated carbocycles. The summed E-state index contributed by atoms with van der Waals surface area (Å²) in [6.45, 7) is -0.123. The van der Waals surface area contributed by atoms with Crippen molar-refractivity contribution in [2.24, 2.45) is 17.8 Å². The number of hydrogen-bond acceptors (Lipinski definition) is 6. The predicted octanol–water partition coefficient (Wildman–Crippen LogP) is 3.38. The Balaban J connectivity index is 1.18. The summed E-state index contributed by atoms with van der Waals surface area (Å²) in [5, 5.41) is 15.7. The van der Waals surface area contributed by atoms with Crippen LogP contribution in [0.4, 0.5) is 5.13 Å². The summed E-state index contributed by atoms with van der Waals surface area (Å²) in [5.74, 6) is 2.48. The van der Waals surface area contributed by atoms with Gasteiger partial charge in [0.25, 0.3) is 5.91 Å². The largest absolute Gasteiger partial charge is 0.497 e. The number of carbonyl (C=O) groups excluding carboxylic acids is 2. The fraction of sp³-hybridized carbons (Fsp3) is 0.545. The summed E-state index contributed by atoms with van der Waals surface area (Å²) >= 11 is 1.50. The Hall–Kier alpha value is -2.48. The van der Waals surface area contributed by atoms with Crippen LogP contribution in [-0.2, 0) is 10.2 Å². The lowest BCUT2D eigenvalue weighted by molar-refractivity contribution is -0.115. The number of carbonyl (C=O) groups is 2. The van der Waals surface area contributed by atoms with Crippen molar-refractivity contribution in [3.63, 3.8) is 0 Å². The van der Waals surface area contributed by atoms with Gasteiger partial charge in [0, 0.05) is 11.0 Å². The fourth-order valence-electron chi connectivity index (χ4n) is 6.05. The highest BCUT2D eigenvalue weighted by Crippen LogP contribution is 2.61. The molecule has 4 bridgehead atoms. The van der Waals surface area contributed by atoms with Crippen LogP contribution in [0.15, 0.2) is 24.3 Å². The molecule has 0 saturated heterocycles. The van der Waals surface area contributed by atoms with E-state index in [0.29, 0.717) is 16.4 Å². The normalized spacial score (nSPS) is 28.9. The summed E-state index contributed by atoms with van der Waals surface area (Å²) < 4.78 is 5.13. The van der Waals surface area contributed by atoms with E-state index in [1.54, 1.807) is 31.4 Å². The third kappa shape index (κ3) is 3.69. The number of hydrogen-bond donors (Lipinski definition) is 2. The van der Waals surface area contributed by atoms with Crippen LogP contribution in [0.2, 0.25) is 0 Å². The molecule has 30 heavy (non-hydrogen) atoms. The molecule has 2 amide bonds. The van der Waals surface area contributed by atoms with Crippen LogP contribution >= 0.6 is 11.3 Å². The van der Waals surface area contributed by atoms with Crippen molar-refractivity contribution in [1.29, 1.82) is 0 Å². The molecule has 0 aliphatic heterocycles. The number of ether oxygens (including phenoxy) is 1. The molecular weight excluding hydrogens is 400 g/mol. The first-order chi connectivity index (χ1) is 14.5. The average Bonchev–Trinajstić information content (AvgIpc) is 3.20. The quantitative estimate of drug-likeness (QED) is 0.739. The molecule has 4 aliphatic rings. The predicted molar refractivity (Wildman–Crippen MR) is 114 cm³/mol. The highest BCUT2D eigenvalue weighted by Gasteiger charge is 2.53. The molecule has 0 atom stereocenters. The molecule has 6 rings (SSSR count). The highest BCUT2D eigenvalue weighted by atomic mass is 32.1. The summed E-state index contributed by atoms with van der Waals surface area (Å²) in [6, 6.07) is 6.81. The third-order valence-corrected chi connectivity index (χ3v) is 7.99. The molecule has 1 aromatic heterocycles. The lowest BCUT2D eigenvalue weighted by Crippen LogP contribution is -2.48. The minimum atomic E-state index is -0.324. The molecule has 0 radical (unpaired) electrons. The molecule has 4 aliphatic carbocycles. The third-order valence-electron chi connectivity index (χ3n) is 6.90. The van der Waals surface area contributed by atoms with Gasteiger partial charge in [0.15, 0.2) is 0 Å². The SMILES string of the molecule is COc1cccc(C(=O)NCC(=O)Nc2nnc(C34CC5CC(CC(C5)C3)C4)s2)c1. The molecule has 158 valence electrons. The van der Waals surface area contributed by atoms with Crippen LogP contribution in [0.25, 0.3) is 0 Å². The molecule has 7 nitrogen and oxygen atoms in total. The highest BCUT2D eigenvalue weighted by molar-refractivity contribution is 7.15. The van der Waals surface area contributed by atoms with E-state index >= 15 is 0 Å². The molecular formula is C22H26N4O3S. The van der Waals surface area contributed by atoms with Crippen LogP contribution in [0.5, 0.6) is 5.75 Å². The van der Waals surface area contributed by atoms with Crippen molar-refractivity contribution in [1.82, 2.24) is 15.5 Å². The van der Waals surface area contributed by atoms with Crippen molar-refractivity contribution in [2.45, 2.75) is 43.9 Å². The van der Waals surface area contributed by atoms with Gasteiger partial charge in [-0.25, -0.2) is 0 Å². The second kappa shape index (κ2) is 7.65. The Morgan fingerprint density at radius 3 is 2.50 bits per heavy atom. The van der Waals surface area contributed by atoms with Gasteiger partial charge in [-0.15, -0.1) is 10.2 Å². The number of anilines is 1. The molecule has 0 spiro atoms. The van der Waals surface area contributed by atoms with Gasteiger partial charge < -0.3 is 10.1 Å². The minimum absolute atomic E-state index is 0.123. The molecule has 2 aromatic rings. The van der Waals surface area contributed by atoms with E-state index in [1.807, 2.05) is 0 Å². The van der Waals surface area contributed by atoms with Crippen molar-refractivity contribution >= 4 is 28.3 Å². The summed E-state index contributed by atoms with van der Waals surface area (Å²) in [7, 11) is 1.55. The number of methoxy groups -OCH3 is 1. The number of aromatic nitrogens is 2. The summed E-state index contributed by atoms with van der Waals surface area (Å²) in [5.41, 5.74) is 0.623. The number of amides is 2. The zero-order valence-corrected chi connectivity index (χ0v) is 17.8. The van der Waals surface area contributed by atoms with E-state index in [1.165, 1.54) is 49.9 Å². The summed E-state index contributed by atoms with van der Waals surface area (Å²) in [4.78, 5) is 24.6. The van der Waals surface area contributed by atoms with Gasteiger partial charge >= 0.3 is 0 Å². The van der Waals surface area contributed by atoms with Crippen LogP contribution in [0, 0.1) is 17.8 Å². The van der Waals surface area contributed by atoms with E-state index in [-0.39, 0.29) is 23.8 Å². The Kier molecular flexibility index (Phi) is 4.97. The number of benzene rings is 1. The Morgan fingerprint density at radius 1 is 1.13 bits per heavy atom. The van der Waals surface area contributed by atoms with Crippen molar-refractivity contribution in [2.75, 3.05) is 19.0 Å². The zero-order valence-electron chi connectivity index (χ0n) is 17.0. The first-order valence-electron chi connectivity index (χ1n) is 10.6. The molecule has 0 unspecified atom stereocenters. The van der Waals surface area contributed by atoms with Crippen molar-refractivity contribution in [3.8, 4) is 5.75 Å². The monoisotopic (exact) mass is 426 g/mol. The lowest BCUT2D eigenvalue weighted by Gasteiger charge is -2.55. The zero-order chi connectivity index (χ0) is 20.7. The van der Waals surface area contributed by atoms with Crippen LogP contribution in [0.1, 0.15) is 53.9 Å². The second-order valence-electron chi connectivity index (χ2n) is 9.07. The van der Waals surface area contributed by atoms with Gasteiger partial charge in [0.05, 0.1) is 13.7 Å². The van der Waals surface area contributed by atoms with Gasteiger partial charge in [0.2, 0.25) is 11.0 Å². The van der Waals surface area contributed by atoms with Gasteiger partial charge in [-0.2, -0.15) is 0 Å². The lowest BCUT2D eigenvalue weighted by atomic mass is 9.50.